The second kappa shape index (κ2) is 6.75. The van der Waals surface area contributed by atoms with E-state index in [-0.39, 0.29) is 17.3 Å². The molecule has 0 unspecified atom stereocenters. The predicted octanol–water partition coefficient (Wildman–Crippen LogP) is 4.18. The minimum absolute atomic E-state index is 0.0887. The van der Waals surface area contributed by atoms with Crippen LogP contribution < -0.4 is 5.32 Å². The van der Waals surface area contributed by atoms with Crippen molar-refractivity contribution >= 4 is 23.5 Å². The zero-order valence-corrected chi connectivity index (χ0v) is 13.5. The van der Waals surface area contributed by atoms with Crippen molar-refractivity contribution in [2.75, 3.05) is 5.32 Å². The van der Waals surface area contributed by atoms with E-state index in [1.165, 1.54) is 0 Å². The Morgan fingerprint density at radius 3 is 2.55 bits per heavy atom. The molecule has 0 aliphatic heterocycles. The van der Waals surface area contributed by atoms with Gasteiger partial charge in [-0.2, -0.15) is 0 Å². The van der Waals surface area contributed by atoms with E-state index in [4.69, 9.17) is 16.3 Å². The molecule has 6 heteroatoms. The molecular formula is C16H18ClN3O2. The lowest BCUT2D eigenvalue weighted by atomic mass is 9.92. The number of carbonyl (C=O) groups is 1. The van der Waals surface area contributed by atoms with Gasteiger partial charge in [0.05, 0.1) is 5.69 Å². The average Bonchev–Trinajstić information content (AvgIpc) is 2.45. The van der Waals surface area contributed by atoms with Crippen molar-refractivity contribution in [2.45, 2.75) is 32.8 Å². The van der Waals surface area contributed by atoms with Crippen LogP contribution in [0.1, 0.15) is 32.0 Å². The number of ether oxygens (including phenoxy) is 1. The molecule has 0 spiro atoms. The number of halogens is 1. The third-order valence-electron chi connectivity index (χ3n) is 2.91. The summed E-state index contributed by atoms with van der Waals surface area (Å²) >= 11 is 5.90. The molecule has 22 heavy (non-hydrogen) atoms. The highest BCUT2D eigenvalue weighted by Crippen LogP contribution is 2.23. The van der Waals surface area contributed by atoms with Crippen LogP contribution in [0.3, 0.4) is 0 Å². The number of carbonyl (C=O) groups excluding carboxylic acids is 1. The first-order valence-corrected chi connectivity index (χ1v) is 7.25. The van der Waals surface area contributed by atoms with E-state index in [1.807, 2.05) is 51.1 Å². The van der Waals surface area contributed by atoms with Crippen LogP contribution >= 0.6 is 11.6 Å². The number of anilines is 1. The van der Waals surface area contributed by atoms with Crippen molar-refractivity contribution in [2.24, 2.45) is 0 Å². The first kappa shape index (κ1) is 16.2. The van der Waals surface area contributed by atoms with Crippen molar-refractivity contribution in [3.05, 3.63) is 52.9 Å². The van der Waals surface area contributed by atoms with Gasteiger partial charge in [-0.15, -0.1) is 0 Å². The number of amides is 1. The van der Waals surface area contributed by atoms with Crippen LogP contribution in [0, 0.1) is 0 Å². The van der Waals surface area contributed by atoms with E-state index in [0.717, 1.165) is 11.3 Å². The average molecular weight is 320 g/mol. The Morgan fingerprint density at radius 1 is 1.23 bits per heavy atom. The zero-order chi connectivity index (χ0) is 16.2. The fourth-order valence-corrected chi connectivity index (χ4v) is 1.91. The van der Waals surface area contributed by atoms with Gasteiger partial charge in [0.1, 0.15) is 12.4 Å². The number of nitrogens with zero attached hydrogens (tertiary/aromatic N) is 2. The fraction of sp³-hybridized carbons (Fsp3) is 0.312. The van der Waals surface area contributed by atoms with Gasteiger partial charge in [0, 0.05) is 11.5 Å². The molecule has 0 aliphatic carbocycles. The zero-order valence-electron chi connectivity index (χ0n) is 12.8. The van der Waals surface area contributed by atoms with Gasteiger partial charge in [-0.1, -0.05) is 51.1 Å². The second-order valence-electron chi connectivity index (χ2n) is 5.84. The molecule has 0 atom stereocenters. The molecule has 1 heterocycles. The molecule has 0 aliphatic rings. The van der Waals surface area contributed by atoms with Crippen molar-refractivity contribution in [1.29, 1.82) is 0 Å². The van der Waals surface area contributed by atoms with Crippen LogP contribution in [-0.2, 0) is 16.8 Å². The monoisotopic (exact) mass is 319 g/mol. The standard InChI is InChI=1S/C16H18ClN3O2/c1-16(2,3)12-9-13(19-14(17)18-12)20-15(21)22-10-11-7-5-4-6-8-11/h4-9H,10H2,1-3H3,(H,18,19,20,21). The van der Waals surface area contributed by atoms with Gasteiger partial charge < -0.3 is 4.74 Å². The van der Waals surface area contributed by atoms with Crippen molar-refractivity contribution in [3.8, 4) is 0 Å². The second-order valence-corrected chi connectivity index (χ2v) is 6.18. The van der Waals surface area contributed by atoms with Crippen LogP contribution in [0.25, 0.3) is 0 Å². The molecule has 5 nitrogen and oxygen atoms in total. The lowest BCUT2D eigenvalue weighted by molar-refractivity contribution is 0.155. The van der Waals surface area contributed by atoms with Crippen LogP contribution in [0.4, 0.5) is 10.6 Å². The molecule has 2 aromatic rings. The smallest absolute Gasteiger partial charge is 0.413 e. The topological polar surface area (TPSA) is 64.1 Å². The first-order valence-electron chi connectivity index (χ1n) is 6.87. The number of aromatic nitrogens is 2. The van der Waals surface area contributed by atoms with Gasteiger partial charge in [-0.25, -0.2) is 14.8 Å². The van der Waals surface area contributed by atoms with Gasteiger partial charge in [-0.3, -0.25) is 5.32 Å². The number of hydrogen-bond donors (Lipinski definition) is 1. The minimum atomic E-state index is -0.585. The molecule has 1 aromatic carbocycles. The van der Waals surface area contributed by atoms with Gasteiger partial charge in [0.2, 0.25) is 5.28 Å². The van der Waals surface area contributed by atoms with E-state index in [9.17, 15) is 4.79 Å². The summed E-state index contributed by atoms with van der Waals surface area (Å²) in [6.07, 6.45) is -0.585. The summed E-state index contributed by atoms with van der Waals surface area (Å²) in [5.41, 5.74) is 1.45. The highest BCUT2D eigenvalue weighted by atomic mass is 35.5. The molecule has 0 fully saturated rings. The molecular weight excluding hydrogens is 302 g/mol. The molecule has 0 saturated heterocycles. The summed E-state index contributed by atoms with van der Waals surface area (Å²) in [5.74, 6) is 0.322. The van der Waals surface area contributed by atoms with Crippen LogP contribution in [0.5, 0.6) is 0 Å². The minimum Gasteiger partial charge on any atom is -0.444 e. The summed E-state index contributed by atoms with van der Waals surface area (Å²) in [7, 11) is 0. The maximum absolute atomic E-state index is 11.8. The first-order chi connectivity index (χ1) is 10.3. The lowest BCUT2D eigenvalue weighted by Crippen LogP contribution is -2.18. The van der Waals surface area contributed by atoms with Crippen LogP contribution in [0.15, 0.2) is 36.4 Å². The van der Waals surface area contributed by atoms with E-state index in [2.05, 4.69) is 15.3 Å². The summed E-state index contributed by atoms with van der Waals surface area (Å²) in [6, 6.07) is 11.1. The molecule has 1 amide bonds. The maximum Gasteiger partial charge on any atom is 0.413 e. The molecule has 0 saturated carbocycles. The number of nitrogens with one attached hydrogen (secondary N) is 1. The van der Waals surface area contributed by atoms with Crippen LogP contribution in [-0.4, -0.2) is 16.1 Å². The molecule has 116 valence electrons. The van der Waals surface area contributed by atoms with E-state index in [1.54, 1.807) is 6.07 Å². The molecule has 0 bridgehead atoms. The van der Waals surface area contributed by atoms with Crippen LogP contribution in [0.2, 0.25) is 5.28 Å². The summed E-state index contributed by atoms with van der Waals surface area (Å²) in [4.78, 5) is 20.0. The highest BCUT2D eigenvalue weighted by molar-refractivity contribution is 6.28. The van der Waals surface area contributed by atoms with Gasteiger partial charge >= 0.3 is 6.09 Å². The number of benzene rings is 1. The Labute approximate surface area is 134 Å². The molecule has 1 N–H and O–H groups in total. The normalized spacial score (nSPS) is 11.1. The van der Waals surface area contributed by atoms with Crippen molar-refractivity contribution in [3.63, 3.8) is 0 Å². The Hall–Kier alpha value is -2.14. The third kappa shape index (κ3) is 4.70. The molecule has 1 aromatic heterocycles. The van der Waals surface area contributed by atoms with E-state index < -0.39 is 6.09 Å². The Morgan fingerprint density at radius 2 is 1.91 bits per heavy atom. The third-order valence-corrected chi connectivity index (χ3v) is 3.08. The number of rotatable bonds is 3. The summed E-state index contributed by atoms with van der Waals surface area (Å²) in [5, 5.41) is 2.66. The Bertz CT molecular complexity index is 654. The SMILES string of the molecule is CC(C)(C)c1cc(NC(=O)OCc2ccccc2)nc(Cl)n1. The Balaban J connectivity index is 2.01. The maximum atomic E-state index is 11.8. The van der Waals surface area contributed by atoms with Crippen molar-refractivity contribution in [1.82, 2.24) is 9.97 Å². The quantitative estimate of drug-likeness (QED) is 0.862. The van der Waals surface area contributed by atoms with Gasteiger partial charge in [0.25, 0.3) is 0 Å². The van der Waals surface area contributed by atoms with E-state index >= 15 is 0 Å². The highest BCUT2D eigenvalue weighted by Gasteiger charge is 2.18. The predicted molar refractivity (Wildman–Crippen MR) is 86.0 cm³/mol. The van der Waals surface area contributed by atoms with E-state index in [0.29, 0.717) is 5.82 Å². The number of hydrogen-bond acceptors (Lipinski definition) is 4. The lowest BCUT2D eigenvalue weighted by Gasteiger charge is -2.18. The molecule has 0 radical (unpaired) electrons. The Kier molecular flexibility index (Phi) is 4.98. The van der Waals surface area contributed by atoms with Gasteiger partial charge in [-0.05, 0) is 17.2 Å². The molecule has 2 rings (SSSR count). The van der Waals surface area contributed by atoms with Gasteiger partial charge in [0.15, 0.2) is 0 Å². The van der Waals surface area contributed by atoms with Crippen molar-refractivity contribution < 1.29 is 9.53 Å². The summed E-state index contributed by atoms with van der Waals surface area (Å²) < 4.78 is 5.14. The largest absolute Gasteiger partial charge is 0.444 e. The summed E-state index contributed by atoms with van der Waals surface area (Å²) in [6.45, 7) is 6.20. The fourth-order valence-electron chi connectivity index (χ4n) is 1.73.